The molecule has 70 valence electrons. The van der Waals surface area contributed by atoms with Crippen LogP contribution in [-0.2, 0) is 0 Å². The molecule has 0 radical (unpaired) electrons. The average molecular weight is 168 g/mol. The van der Waals surface area contributed by atoms with Crippen molar-refractivity contribution in [2.24, 2.45) is 22.1 Å². The second kappa shape index (κ2) is 3.08. The van der Waals surface area contributed by atoms with E-state index in [2.05, 4.69) is 32.7 Å². The third-order valence-electron chi connectivity index (χ3n) is 3.01. The van der Waals surface area contributed by atoms with Gasteiger partial charge in [-0.15, -0.1) is 0 Å². The van der Waals surface area contributed by atoms with E-state index < -0.39 is 0 Å². The van der Waals surface area contributed by atoms with Crippen LogP contribution in [0.1, 0.15) is 40.5 Å². The van der Waals surface area contributed by atoms with Crippen molar-refractivity contribution in [1.29, 1.82) is 0 Å². The van der Waals surface area contributed by atoms with Crippen LogP contribution in [0.2, 0.25) is 0 Å². The predicted octanol–water partition coefficient (Wildman–Crippen LogP) is 2.19. The number of hydrogen-bond donors (Lipinski definition) is 1. The van der Waals surface area contributed by atoms with Gasteiger partial charge in [-0.3, -0.25) is 4.99 Å². The van der Waals surface area contributed by atoms with Crippen LogP contribution in [0.3, 0.4) is 0 Å². The van der Waals surface area contributed by atoms with E-state index in [1.54, 1.807) is 0 Å². The molecule has 2 atom stereocenters. The van der Waals surface area contributed by atoms with Crippen LogP contribution < -0.4 is 5.73 Å². The standard InChI is InChI=1S/C10H20N2/c1-5-10(4)6-8(10)12-9(11)7(2)3/h7-8H,5-6H2,1-4H3,(H2,11,12). The predicted molar refractivity (Wildman–Crippen MR) is 53.3 cm³/mol. The van der Waals surface area contributed by atoms with E-state index >= 15 is 0 Å². The molecule has 2 N–H and O–H groups in total. The Labute approximate surface area is 75.3 Å². The van der Waals surface area contributed by atoms with E-state index in [-0.39, 0.29) is 0 Å². The van der Waals surface area contributed by atoms with E-state index in [1.807, 2.05) is 0 Å². The minimum absolute atomic E-state index is 0.395. The molecule has 1 aliphatic rings. The summed E-state index contributed by atoms with van der Waals surface area (Å²) in [5.74, 6) is 1.21. The highest BCUT2D eigenvalue weighted by Gasteiger charge is 2.48. The van der Waals surface area contributed by atoms with E-state index in [0.29, 0.717) is 17.4 Å². The fraction of sp³-hybridized carbons (Fsp3) is 0.900. The third-order valence-corrected chi connectivity index (χ3v) is 3.01. The van der Waals surface area contributed by atoms with Crippen molar-refractivity contribution in [1.82, 2.24) is 0 Å². The number of nitrogens with zero attached hydrogens (tertiary/aromatic N) is 1. The zero-order valence-electron chi connectivity index (χ0n) is 8.59. The molecule has 0 aromatic carbocycles. The maximum atomic E-state index is 5.78. The third kappa shape index (κ3) is 1.79. The van der Waals surface area contributed by atoms with Gasteiger partial charge in [0.05, 0.1) is 11.9 Å². The first-order valence-corrected chi connectivity index (χ1v) is 4.82. The minimum atomic E-state index is 0.395. The average Bonchev–Trinajstić information content (AvgIpc) is 2.63. The monoisotopic (exact) mass is 168 g/mol. The van der Waals surface area contributed by atoms with Crippen molar-refractivity contribution < 1.29 is 0 Å². The number of amidine groups is 1. The van der Waals surface area contributed by atoms with E-state index in [0.717, 1.165) is 5.84 Å². The lowest BCUT2D eigenvalue weighted by atomic mass is 10.1. The Balaban J connectivity index is 2.50. The quantitative estimate of drug-likeness (QED) is 0.509. The highest BCUT2D eigenvalue weighted by molar-refractivity contribution is 5.82. The Hall–Kier alpha value is -0.530. The fourth-order valence-corrected chi connectivity index (χ4v) is 1.29. The molecule has 0 saturated heterocycles. The van der Waals surface area contributed by atoms with Crippen molar-refractivity contribution in [2.75, 3.05) is 0 Å². The van der Waals surface area contributed by atoms with Gasteiger partial charge in [-0.05, 0) is 18.3 Å². The summed E-state index contributed by atoms with van der Waals surface area (Å²) < 4.78 is 0. The minimum Gasteiger partial charge on any atom is -0.387 e. The highest BCUT2D eigenvalue weighted by Crippen LogP contribution is 2.50. The van der Waals surface area contributed by atoms with Crippen LogP contribution in [0.5, 0.6) is 0 Å². The molecule has 0 spiro atoms. The van der Waals surface area contributed by atoms with Crippen molar-refractivity contribution >= 4 is 5.84 Å². The molecule has 0 bridgehead atoms. The number of aliphatic imine (C=N–C) groups is 1. The van der Waals surface area contributed by atoms with Crippen molar-refractivity contribution in [3.05, 3.63) is 0 Å². The first-order valence-electron chi connectivity index (χ1n) is 4.82. The summed E-state index contributed by atoms with van der Waals surface area (Å²) in [6.45, 7) is 8.69. The van der Waals surface area contributed by atoms with Crippen LogP contribution in [0.4, 0.5) is 0 Å². The smallest absolute Gasteiger partial charge is 0.0966 e. The molecule has 2 nitrogen and oxygen atoms in total. The highest BCUT2D eigenvalue weighted by atomic mass is 15.0. The molecular formula is C10H20N2. The molecule has 1 saturated carbocycles. The zero-order valence-corrected chi connectivity index (χ0v) is 8.59. The first kappa shape index (κ1) is 9.56. The van der Waals surface area contributed by atoms with E-state index in [1.165, 1.54) is 12.8 Å². The molecular weight excluding hydrogens is 148 g/mol. The van der Waals surface area contributed by atoms with Gasteiger partial charge in [0.15, 0.2) is 0 Å². The molecule has 1 rings (SSSR count). The van der Waals surface area contributed by atoms with Gasteiger partial charge < -0.3 is 5.73 Å². The molecule has 1 aliphatic carbocycles. The number of nitrogens with two attached hydrogens (primary N) is 1. The lowest BCUT2D eigenvalue weighted by molar-refractivity contribution is 0.526. The fourth-order valence-electron chi connectivity index (χ4n) is 1.29. The SMILES string of the molecule is CCC1(C)CC1N=C(N)C(C)C. The molecule has 0 aromatic rings. The lowest BCUT2D eigenvalue weighted by Crippen LogP contribution is -2.20. The maximum absolute atomic E-state index is 5.78. The zero-order chi connectivity index (χ0) is 9.35. The molecule has 12 heavy (non-hydrogen) atoms. The summed E-state index contributed by atoms with van der Waals surface area (Å²) in [5, 5.41) is 0. The van der Waals surface area contributed by atoms with Gasteiger partial charge in [0.1, 0.15) is 0 Å². The summed E-state index contributed by atoms with van der Waals surface area (Å²) in [4.78, 5) is 4.51. The summed E-state index contributed by atoms with van der Waals surface area (Å²) in [6.07, 6.45) is 2.43. The Kier molecular flexibility index (Phi) is 2.45. The molecule has 0 heterocycles. The molecule has 2 unspecified atom stereocenters. The number of hydrogen-bond acceptors (Lipinski definition) is 1. The van der Waals surface area contributed by atoms with Crippen LogP contribution in [-0.4, -0.2) is 11.9 Å². The summed E-state index contributed by atoms with van der Waals surface area (Å²) in [5.41, 5.74) is 6.24. The van der Waals surface area contributed by atoms with Crippen molar-refractivity contribution in [3.63, 3.8) is 0 Å². The Morgan fingerprint density at radius 1 is 1.67 bits per heavy atom. The van der Waals surface area contributed by atoms with Crippen LogP contribution >= 0.6 is 0 Å². The largest absolute Gasteiger partial charge is 0.387 e. The Bertz CT molecular complexity index is 196. The van der Waals surface area contributed by atoms with Gasteiger partial charge in [-0.25, -0.2) is 0 Å². The second-order valence-electron chi connectivity index (χ2n) is 4.44. The van der Waals surface area contributed by atoms with Crippen molar-refractivity contribution in [2.45, 2.75) is 46.6 Å². The molecule has 2 heteroatoms. The van der Waals surface area contributed by atoms with Crippen molar-refractivity contribution in [3.8, 4) is 0 Å². The Morgan fingerprint density at radius 2 is 2.25 bits per heavy atom. The normalized spacial score (nSPS) is 35.8. The lowest BCUT2D eigenvalue weighted by Gasteiger charge is -2.06. The van der Waals surface area contributed by atoms with Gasteiger partial charge >= 0.3 is 0 Å². The molecule has 1 fully saturated rings. The summed E-state index contributed by atoms with van der Waals surface area (Å²) in [6, 6.07) is 0.505. The topological polar surface area (TPSA) is 38.4 Å². The van der Waals surface area contributed by atoms with Gasteiger partial charge in [0, 0.05) is 5.92 Å². The molecule has 0 aromatic heterocycles. The van der Waals surface area contributed by atoms with Crippen LogP contribution in [0.15, 0.2) is 4.99 Å². The van der Waals surface area contributed by atoms with Gasteiger partial charge in [0.25, 0.3) is 0 Å². The summed E-state index contributed by atoms with van der Waals surface area (Å²) >= 11 is 0. The van der Waals surface area contributed by atoms with Crippen LogP contribution in [0, 0.1) is 11.3 Å². The first-order chi connectivity index (χ1) is 5.49. The summed E-state index contributed by atoms with van der Waals surface area (Å²) in [7, 11) is 0. The van der Waals surface area contributed by atoms with Gasteiger partial charge in [-0.2, -0.15) is 0 Å². The second-order valence-corrected chi connectivity index (χ2v) is 4.44. The maximum Gasteiger partial charge on any atom is 0.0966 e. The van der Waals surface area contributed by atoms with Gasteiger partial charge in [0.2, 0.25) is 0 Å². The number of rotatable bonds is 3. The molecule has 0 aliphatic heterocycles. The molecule has 0 amide bonds. The van der Waals surface area contributed by atoms with Gasteiger partial charge in [-0.1, -0.05) is 27.7 Å². The Morgan fingerprint density at radius 3 is 2.58 bits per heavy atom. The van der Waals surface area contributed by atoms with Crippen LogP contribution in [0.25, 0.3) is 0 Å². The van der Waals surface area contributed by atoms with E-state index in [4.69, 9.17) is 5.73 Å². The van der Waals surface area contributed by atoms with E-state index in [9.17, 15) is 0 Å².